The summed E-state index contributed by atoms with van der Waals surface area (Å²) >= 11 is 0. The van der Waals surface area contributed by atoms with Gasteiger partial charge in [0.15, 0.2) is 17.7 Å². The van der Waals surface area contributed by atoms with Crippen LogP contribution in [0.15, 0.2) is 18.2 Å². The fraction of sp³-hybridized carbons (Fsp3) is 0.300. The van der Waals surface area contributed by atoms with E-state index in [-0.39, 0.29) is 11.7 Å². The summed E-state index contributed by atoms with van der Waals surface area (Å²) in [7, 11) is 1.45. The SMILES string of the molecule is CNC(=O)[C@H](C)Oc1ccc(F)cc1F. The molecule has 0 bridgehead atoms. The zero-order valence-corrected chi connectivity index (χ0v) is 8.38. The average molecular weight is 215 g/mol. The van der Waals surface area contributed by atoms with Crippen molar-refractivity contribution in [2.45, 2.75) is 13.0 Å². The van der Waals surface area contributed by atoms with Crippen LogP contribution in [-0.2, 0) is 4.79 Å². The van der Waals surface area contributed by atoms with Gasteiger partial charge in [-0.25, -0.2) is 8.78 Å². The van der Waals surface area contributed by atoms with Crippen molar-refractivity contribution in [3.8, 4) is 5.75 Å². The molecule has 0 saturated carbocycles. The number of hydrogen-bond donors (Lipinski definition) is 1. The van der Waals surface area contributed by atoms with Crippen LogP contribution < -0.4 is 10.1 Å². The summed E-state index contributed by atoms with van der Waals surface area (Å²) < 4.78 is 30.6. The third kappa shape index (κ3) is 2.90. The van der Waals surface area contributed by atoms with Gasteiger partial charge in [-0.15, -0.1) is 0 Å². The lowest BCUT2D eigenvalue weighted by molar-refractivity contribution is -0.126. The molecule has 1 rings (SSSR count). The van der Waals surface area contributed by atoms with Crippen molar-refractivity contribution < 1.29 is 18.3 Å². The lowest BCUT2D eigenvalue weighted by atomic mass is 10.3. The van der Waals surface area contributed by atoms with E-state index in [1.165, 1.54) is 14.0 Å². The van der Waals surface area contributed by atoms with Crippen molar-refractivity contribution in [2.75, 3.05) is 7.05 Å². The van der Waals surface area contributed by atoms with Crippen LogP contribution in [0.2, 0.25) is 0 Å². The molecule has 0 aromatic heterocycles. The Morgan fingerprint density at radius 3 is 2.67 bits per heavy atom. The average Bonchev–Trinajstić information content (AvgIpc) is 2.20. The minimum atomic E-state index is -0.828. The number of benzene rings is 1. The van der Waals surface area contributed by atoms with Crippen LogP contribution in [0.3, 0.4) is 0 Å². The van der Waals surface area contributed by atoms with E-state index in [4.69, 9.17) is 4.74 Å². The van der Waals surface area contributed by atoms with E-state index in [1.807, 2.05) is 0 Å². The van der Waals surface area contributed by atoms with Crippen molar-refractivity contribution in [3.05, 3.63) is 29.8 Å². The fourth-order valence-electron chi connectivity index (χ4n) is 1.02. The molecule has 0 spiro atoms. The van der Waals surface area contributed by atoms with Crippen LogP contribution >= 0.6 is 0 Å². The third-order valence-electron chi connectivity index (χ3n) is 1.81. The van der Waals surface area contributed by atoms with Gasteiger partial charge in [-0.05, 0) is 19.1 Å². The number of carbonyl (C=O) groups is 1. The van der Waals surface area contributed by atoms with Gasteiger partial charge in [0.25, 0.3) is 5.91 Å². The van der Waals surface area contributed by atoms with Crippen molar-refractivity contribution in [1.29, 1.82) is 0 Å². The van der Waals surface area contributed by atoms with Gasteiger partial charge in [0, 0.05) is 13.1 Å². The van der Waals surface area contributed by atoms with Gasteiger partial charge in [0.1, 0.15) is 5.82 Å². The molecule has 3 nitrogen and oxygen atoms in total. The summed E-state index contributed by atoms with van der Waals surface area (Å²) in [5, 5.41) is 2.36. The molecule has 5 heteroatoms. The predicted molar refractivity (Wildman–Crippen MR) is 50.5 cm³/mol. The van der Waals surface area contributed by atoms with Gasteiger partial charge in [-0.2, -0.15) is 0 Å². The van der Waals surface area contributed by atoms with Gasteiger partial charge in [0.2, 0.25) is 0 Å². The lowest BCUT2D eigenvalue weighted by Gasteiger charge is -2.13. The van der Waals surface area contributed by atoms with Crippen molar-refractivity contribution in [2.24, 2.45) is 0 Å². The fourth-order valence-corrected chi connectivity index (χ4v) is 1.02. The Kier molecular flexibility index (Phi) is 3.60. The normalized spacial score (nSPS) is 12.0. The topological polar surface area (TPSA) is 38.3 Å². The zero-order valence-electron chi connectivity index (χ0n) is 8.38. The molecule has 1 aromatic carbocycles. The van der Waals surface area contributed by atoms with Crippen LogP contribution in [0.5, 0.6) is 5.75 Å². The third-order valence-corrected chi connectivity index (χ3v) is 1.81. The number of hydrogen-bond acceptors (Lipinski definition) is 2. The first kappa shape index (κ1) is 11.4. The van der Waals surface area contributed by atoms with Gasteiger partial charge < -0.3 is 10.1 Å². The van der Waals surface area contributed by atoms with E-state index < -0.39 is 17.7 Å². The van der Waals surface area contributed by atoms with Gasteiger partial charge in [0.05, 0.1) is 0 Å². The molecule has 1 amide bonds. The molecular weight excluding hydrogens is 204 g/mol. The number of halogens is 2. The highest BCUT2D eigenvalue weighted by atomic mass is 19.1. The molecule has 15 heavy (non-hydrogen) atoms. The zero-order chi connectivity index (χ0) is 11.4. The summed E-state index contributed by atoms with van der Waals surface area (Å²) in [4.78, 5) is 11.1. The minimum absolute atomic E-state index is 0.146. The molecule has 0 unspecified atom stereocenters. The van der Waals surface area contributed by atoms with E-state index in [0.29, 0.717) is 6.07 Å². The summed E-state index contributed by atoms with van der Waals surface area (Å²) in [5.41, 5.74) is 0. The Morgan fingerprint density at radius 1 is 1.47 bits per heavy atom. The van der Waals surface area contributed by atoms with Crippen LogP contribution in [0, 0.1) is 11.6 Å². The number of likely N-dealkylation sites (N-methyl/N-ethyl adjacent to an activating group) is 1. The second-order valence-electron chi connectivity index (χ2n) is 2.95. The number of carbonyl (C=O) groups excluding carboxylic acids is 1. The molecule has 1 N–H and O–H groups in total. The lowest BCUT2D eigenvalue weighted by Crippen LogP contribution is -2.33. The van der Waals surface area contributed by atoms with E-state index in [1.54, 1.807) is 0 Å². The summed E-state index contributed by atoms with van der Waals surface area (Å²) in [6, 6.07) is 2.91. The maximum Gasteiger partial charge on any atom is 0.260 e. The van der Waals surface area contributed by atoms with Crippen molar-refractivity contribution in [1.82, 2.24) is 5.32 Å². The molecule has 0 saturated heterocycles. The maximum absolute atomic E-state index is 13.1. The van der Waals surface area contributed by atoms with Gasteiger partial charge in [-0.3, -0.25) is 4.79 Å². The quantitative estimate of drug-likeness (QED) is 0.829. The van der Waals surface area contributed by atoms with Crippen molar-refractivity contribution in [3.63, 3.8) is 0 Å². The predicted octanol–water partition coefficient (Wildman–Crippen LogP) is 1.48. The number of nitrogens with one attached hydrogen (secondary N) is 1. The molecule has 1 aromatic rings. The molecule has 0 heterocycles. The summed E-state index contributed by atoms with van der Waals surface area (Å²) in [5.74, 6) is -2.04. The highest BCUT2D eigenvalue weighted by Crippen LogP contribution is 2.18. The molecule has 82 valence electrons. The van der Waals surface area contributed by atoms with Crippen molar-refractivity contribution >= 4 is 5.91 Å². The Hall–Kier alpha value is -1.65. The first-order valence-electron chi connectivity index (χ1n) is 4.38. The standard InChI is InChI=1S/C10H11F2NO2/c1-6(10(14)13-2)15-9-4-3-7(11)5-8(9)12/h3-6H,1-2H3,(H,13,14)/t6-/m0/s1. The molecule has 1 atom stereocenters. The minimum Gasteiger partial charge on any atom is -0.478 e. The largest absolute Gasteiger partial charge is 0.478 e. The summed E-state index contributed by atoms with van der Waals surface area (Å²) in [6.07, 6.45) is -0.824. The van der Waals surface area contributed by atoms with Crippen LogP contribution in [0.1, 0.15) is 6.92 Å². The molecule has 0 aliphatic carbocycles. The number of amides is 1. The second-order valence-corrected chi connectivity index (χ2v) is 2.95. The Bertz CT molecular complexity index is 368. The monoisotopic (exact) mass is 215 g/mol. The highest BCUT2D eigenvalue weighted by Gasteiger charge is 2.15. The van der Waals surface area contributed by atoms with Crippen LogP contribution in [0.25, 0.3) is 0 Å². The first-order chi connectivity index (χ1) is 7.04. The molecule has 0 aliphatic heterocycles. The molecule has 0 fully saturated rings. The Labute approximate surface area is 86.0 Å². The van der Waals surface area contributed by atoms with E-state index in [9.17, 15) is 13.6 Å². The van der Waals surface area contributed by atoms with E-state index in [2.05, 4.69) is 5.32 Å². The van der Waals surface area contributed by atoms with Crippen LogP contribution in [-0.4, -0.2) is 19.1 Å². The second kappa shape index (κ2) is 4.72. The number of ether oxygens (including phenoxy) is 1. The molecule has 0 radical (unpaired) electrons. The highest BCUT2D eigenvalue weighted by molar-refractivity contribution is 5.80. The number of rotatable bonds is 3. The maximum atomic E-state index is 13.1. The van der Waals surface area contributed by atoms with Gasteiger partial charge >= 0.3 is 0 Å². The summed E-state index contributed by atoms with van der Waals surface area (Å²) in [6.45, 7) is 1.47. The van der Waals surface area contributed by atoms with E-state index >= 15 is 0 Å². The molecule has 0 aliphatic rings. The van der Waals surface area contributed by atoms with Gasteiger partial charge in [-0.1, -0.05) is 0 Å². The smallest absolute Gasteiger partial charge is 0.260 e. The van der Waals surface area contributed by atoms with Crippen LogP contribution in [0.4, 0.5) is 8.78 Å². The Balaban J connectivity index is 2.76. The Morgan fingerprint density at radius 2 is 2.13 bits per heavy atom. The van der Waals surface area contributed by atoms with E-state index in [0.717, 1.165) is 12.1 Å². The molecular formula is C10H11F2NO2. The first-order valence-corrected chi connectivity index (χ1v) is 4.38.